The number of hydrogen-bond donors (Lipinski definition) is 2. The van der Waals surface area contributed by atoms with Crippen LogP contribution in [-0.4, -0.2) is 20.7 Å². The van der Waals surface area contributed by atoms with Gasteiger partial charge in [-0.15, -0.1) is 0 Å². The van der Waals surface area contributed by atoms with Crippen molar-refractivity contribution in [2.24, 2.45) is 0 Å². The Balaban J connectivity index is 1.83. The van der Waals surface area contributed by atoms with Crippen LogP contribution in [0.25, 0.3) is 10.9 Å². The molecule has 0 fully saturated rings. The lowest BCUT2D eigenvalue weighted by atomic mass is 10.2. The number of nitrogens with zero attached hydrogens (tertiary/aromatic N) is 2. The third kappa shape index (κ3) is 2.22. The third-order valence-electron chi connectivity index (χ3n) is 2.99. The van der Waals surface area contributed by atoms with Gasteiger partial charge in [0, 0.05) is 23.6 Å². The summed E-state index contributed by atoms with van der Waals surface area (Å²) in [5.41, 5.74) is 2.20. The number of H-pyrrole nitrogens is 1. The molecular formula is C14H14N4O. The van der Waals surface area contributed by atoms with Crippen molar-refractivity contribution in [2.45, 2.75) is 13.5 Å². The van der Waals surface area contributed by atoms with E-state index in [0.717, 1.165) is 17.4 Å². The van der Waals surface area contributed by atoms with E-state index in [2.05, 4.69) is 15.4 Å². The highest BCUT2D eigenvalue weighted by molar-refractivity contribution is 6.05. The van der Waals surface area contributed by atoms with Crippen molar-refractivity contribution in [3.63, 3.8) is 0 Å². The molecule has 5 heteroatoms. The number of carbonyl (C=O) groups is 1. The predicted octanol–water partition coefficient (Wildman–Crippen LogP) is 2.64. The molecule has 0 radical (unpaired) electrons. The molecule has 0 saturated heterocycles. The number of benzene rings is 1. The van der Waals surface area contributed by atoms with E-state index in [9.17, 15) is 4.79 Å². The van der Waals surface area contributed by atoms with Crippen LogP contribution in [-0.2, 0) is 6.54 Å². The summed E-state index contributed by atoms with van der Waals surface area (Å²) in [6, 6.07) is 9.64. The van der Waals surface area contributed by atoms with E-state index in [0.29, 0.717) is 11.4 Å². The van der Waals surface area contributed by atoms with Gasteiger partial charge in [0.15, 0.2) is 0 Å². The minimum atomic E-state index is -0.160. The molecule has 96 valence electrons. The summed E-state index contributed by atoms with van der Waals surface area (Å²) in [4.78, 5) is 15.2. The van der Waals surface area contributed by atoms with Crippen molar-refractivity contribution in [2.75, 3.05) is 5.32 Å². The molecule has 3 aromatic rings. The van der Waals surface area contributed by atoms with E-state index in [-0.39, 0.29) is 5.91 Å². The van der Waals surface area contributed by atoms with Crippen molar-refractivity contribution in [1.82, 2.24) is 14.8 Å². The fraction of sp³-hybridized carbons (Fsp3) is 0.143. The van der Waals surface area contributed by atoms with Crippen LogP contribution in [0.1, 0.15) is 17.4 Å². The highest BCUT2D eigenvalue weighted by atomic mass is 16.1. The first-order valence-electron chi connectivity index (χ1n) is 6.18. The lowest BCUT2D eigenvalue weighted by Crippen LogP contribution is -2.11. The minimum Gasteiger partial charge on any atom is -0.351 e. The van der Waals surface area contributed by atoms with E-state index in [1.165, 1.54) is 0 Å². The van der Waals surface area contributed by atoms with Gasteiger partial charge in [-0.1, -0.05) is 18.2 Å². The summed E-state index contributed by atoms with van der Waals surface area (Å²) in [6.07, 6.45) is 3.45. The van der Waals surface area contributed by atoms with Crippen molar-refractivity contribution in [1.29, 1.82) is 0 Å². The van der Waals surface area contributed by atoms with Crippen LogP contribution in [0.3, 0.4) is 0 Å². The molecule has 5 nitrogen and oxygen atoms in total. The number of carbonyl (C=O) groups excluding carboxylic acids is 1. The van der Waals surface area contributed by atoms with Crippen molar-refractivity contribution in [3.8, 4) is 0 Å². The molecule has 0 unspecified atom stereocenters. The summed E-state index contributed by atoms with van der Waals surface area (Å²) in [5.74, 6) is -0.160. The van der Waals surface area contributed by atoms with Gasteiger partial charge in [0.05, 0.1) is 11.9 Å². The van der Waals surface area contributed by atoms with Crippen LogP contribution in [0.15, 0.2) is 42.7 Å². The molecule has 0 aliphatic heterocycles. The summed E-state index contributed by atoms with van der Waals surface area (Å²) >= 11 is 0. The number of aryl methyl sites for hydroxylation is 1. The van der Waals surface area contributed by atoms with Gasteiger partial charge in [0.25, 0.3) is 5.91 Å². The lowest BCUT2D eigenvalue weighted by Gasteiger charge is -1.99. The van der Waals surface area contributed by atoms with E-state index >= 15 is 0 Å². The Kier molecular flexibility index (Phi) is 2.79. The Morgan fingerprint density at radius 3 is 3.00 bits per heavy atom. The number of para-hydroxylation sites is 1. The van der Waals surface area contributed by atoms with Gasteiger partial charge in [-0.2, -0.15) is 5.10 Å². The van der Waals surface area contributed by atoms with Gasteiger partial charge >= 0.3 is 0 Å². The Morgan fingerprint density at radius 2 is 2.26 bits per heavy atom. The molecule has 2 heterocycles. The summed E-state index contributed by atoms with van der Waals surface area (Å²) in [7, 11) is 0. The first-order valence-corrected chi connectivity index (χ1v) is 6.18. The largest absolute Gasteiger partial charge is 0.351 e. The summed E-state index contributed by atoms with van der Waals surface area (Å²) in [5, 5.41) is 7.96. The molecule has 2 N–H and O–H groups in total. The van der Waals surface area contributed by atoms with E-state index in [1.807, 2.05) is 37.3 Å². The third-order valence-corrected chi connectivity index (χ3v) is 2.99. The van der Waals surface area contributed by atoms with Gasteiger partial charge in [0.2, 0.25) is 0 Å². The molecule has 3 rings (SSSR count). The number of aromatic amines is 1. The first-order chi connectivity index (χ1) is 9.26. The second kappa shape index (κ2) is 4.61. The van der Waals surface area contributed by atoms with Crippen LogP contribution in [0.4, 0.5) is 5.69 Å². The number of aromatic nitrogens is 3. The minimum absolute atomic E-state index is 0.160. The number of nitrogens with one attached hydrogen (secondary N) is 2. The predicted molar refractivity (Wildman–Crippen MR) is 74.2 cm³/mol. The number of anilines is 1. The second-order valence-corrected chi connectivity index (χ2v) is 4.31. The smallest absolute Gasteiger partial charge is 0.272 e. The molecule has 2 aromatic heterocycles. The average molecular weight is 254 g/mol. The number of hydrogen-bond acceptors (Lipinski definition) is 2. The van der Waals surface area contributed by atoms with Crippen molar-refractivity contribution in [3.05, 3.63) is 48.4 Å². The zero-order valence-corrected chi connectivity index (χ0v) is 10.6. The number of rotatable bonds is 3. The van der Waals surface area contributed by atoms with Crippen LogP contribution < -0.4 is 5.32 Å². The Morgan fingerprint density at radius 1 is 1.42 bits per heavy atom. The number of amides is 1. The van der Waals surface area contributed by atoms with E-state index in [1.54, 1.807) is 17.1 Å². The molecule has 0 aliphatic rings. The Hall–Kier alpha value is -2.56. The highest BCUT2D eigenvalue weighted by Gasteiger charge is 2.10. The molecule has 19 heavy (non-hydrogen) atoms. The first kappa shape index (κ1) is 11.5. The second-order valence-electron chi connectivity index (χ2n) is 4.31. The SMILES string of the molecule is CCn1cc(NC(=O)c2cc3ccccc3[nH]2)cn1. The molecule has 1 amide bonds. The molecule has 0 spiro atoms. The molecule has 0 saturated carbocycles. The monoisotopic (exact) mass is 254 g/mol. The van der Waals surface area contributed by atoms with E-state index in [4.69, 9.17) is 0 Å². The topological polar surface area (TPSA) is 62.7 Å². The van der Waals surface area contributed by atoms with Gasteiger partial charge in [-0.05, 0) is 19.1 Å². The molecular weight excluding hydrogens is 240 g/mol. The quantitative estimate of drug-likeness (QED) is 0.754. The van der Waals surface area contributed by atoms with Crippen LogP contribution in [0.5, 0.6) is 0 Å². The summed E-state index contributed by atoms with van der Waals surface area (Å²) in [6.45, 7) is 2.78. The Bertz CT molecular complexity index is 693. The zero-order valence-electron chi connectivity index (χ0n) is 10.6. The van der Waals surface area contributed by atoms with Gasteiger partial charge in [0.1, 0.15) is 5.69 Å². The lowest BCUT2D eigenvalue weighted by molar-refractivity contribution is 0.102. The maximum Gasteiger partial charge on any atom is 0.272 e. The van der Waals surface area contributed by atoms with Crippen molar-refractivity contribution < 1.29 is 4.79 Å². The standard InChI is InChI=1S/C14H14N4O/c1-2-18-9-11(8-15-18)16-14(19)13-7-10-5-3-4-6-12(10)17-13/h3-9,17H,2H2,1H3,(H,16,19). The van der Waals surface area contributed by atoms with Gasteiger partial charge in [-0.3, -0.25) is 9.48 Å². The molecule has 0 atom stereocenters. The van der Waals surface area contributed by atoms with Crippen LogP contribution >= 0.6 is 0 Å². The fourth-order valence-electron chi connectivity index (χ4n) is 2.00. The average Bonchev–Trinajstić information content (AvgIpc) is 3.04. The fourth-order valence-corrected chi connectivity index (χ4v) is 2.00. The normalized spacial score (nSPS) is 10.8. The summed E-state index contributed by atoms with van der Waals surface area (Å²) < 4.78 is 1.76. The van der Waals surface area contributed by atoms with E-state index < -0.39 is 0 Å². The maximum absolute atomic E-state index is 12.1. The zero-order chi connectivity index (χ0) is 13.2. The Labute approximate surface area is 110 Å². The molecule has 1 aromatic carbocycles. The van der Waals surface area contributed by atoms with Gasteiger partial charge < -0.3 is 10.3 Å². The van der Waals surface area contributed by atoms with Gasteiger partial charge in [-0.25, -0.2) is 0 Å². The maximum atomic E-state index is 12.1. The molecule has 0 aliphatic carbocycles. The van der Waals surface area contributed by atoms with Crippen molar-refractivity contribution >= 4 is 22.5 Å². The number of fused-ring (bicyclic) bond motifs is 1. The highest BCUT2D eigenvalue weighted by Crippen LogP contribution is 2.16. The van der Waals surface area contributed by atoms with Crippen LogP contribution in [0.2, 0.25) is 0 Å². The molecule has 0 bridgehead atoms. The van der Waals surface area contributed by atoms with Crippen LogP contribution in [0, 0.1) is 0 Å².